The van der Waals surface area contributed by atoms with Gasteiger partial charge in [0.1, 0.15) is 10.1 Å². The summed E-state index contributed by atoms with van der Waals surface area (Å²) >= 11 is 22.6. The number of halogens is 4. The van der Waals surface area contributed by atoms with Crippen molar-refractivity contribution in [2.24, 2.45) is 0 Å². The predicted octanol–water partition coefficient (Wildman–Crippen LogP) is 6.17. The highest BCUT2D eigenvalue weighted by Gasteiger charge is 2.64. The summed E-state index contributed by atoms with van der Waals surface area (Å²) in [5.74, 6) is 0.900. The van der Waals surface area contributed by atoms with Gasteiger partial charge in [-0.2, -0.15) is 0 Å². The van der Waals surface area contributed by atoms with Gasteiger partial charge in [0.25, 0.3) is 0 Å². The van der Waals surface area contributed by atoms with E-state index in [1.165, 1.54) is 0 Å². The van der Waals surface area contributed by atoms with E-state index in [2.05, 4.69) is 15.9 Å². The molecule has 1 aliphatic rings. The first-order valence-corrected chi connectivity index (χ1v) is 8.34. The van der Waals surface area contributed by atoms with Crippen LogP contribution in [0.2, 0.25) is 5.02 Å². The van der Waals surface area contributed by atoms with Crippen LogP contribution in [0.4, 0.5) is 0 Å². The third kappa shape index (κ3) is 2.92. The van der Waals surface area contributed by atoms with Crippen molar-refractivity contribution in [2.75, 3.05) is 7.11 Å². The molecule has 0 saturated heterocycles. The monoisotopic (exact) mass is 404 g/mol. The molecule has 110 valence electrons. The number of ether oxygens (including phenoxy) is 1. The van der Waals surface area contributed by atoms with E-state index in [1.807, 2.05) is 42.5 Å². The summed E-state index contributed by atoms with van der Waals surface area (Å²) < 4.78 is 5.29. The maximum atomic E-state index is 6.50. The van der Waals surface area contributed by atoms with Crippen LogP contribution in [0.3, 0.4) is 0 Å². The highest BCUT2D eigenvalue weighted by Crippen LogP contribution is 2.70. The van der Waals surface area contributed by atoms with E-state index in [0.717, 1.165) is 21.3 Å². The Labute approximate surface area is 147 Å². The van der Waals surface area contributed by atoms with Gasteiger partial charge in [-0.15, -0.1) is 23.2 Å². The molecule has 0 heterocycles. The Kier molecular flexibility index (Phi) is 4.17. The van der Waals surface area contributed by atoms with E-state index in [9.17, 15) is 0 Å². The lowest BCUT2D eigenvalue weighted by molar-refractivity contribution is 0.414. The number of rotatable bonds is 3. The van der Waals surface area contributed by atoms with Gasteiger partial charge in [0, 0.05) is 21.3 Å². The summed E-state index contributed by atoms with van der Waals surface area (Å²) in [6, 6.07) is 13.6. The minimum Gasteiger partial charge on any atom is -0.497 e. The summed E-state index contributed by atoms with van der Waals surface area (Å²) in [7, 11) is 1.64. The molecule has 2 aromatic carbocycles. The van der Waals surface area contributed by atoms with Gasteiger partial charge in [-0.3, -0.25) is 0 Å². The first kappa shape index (κ1) is 15.5. The molecule has 0 aliphatic heterocycles. The molecule has 2 unspecified atom stereocenters. The van der Waals surface area contributed by atoms with Gasteiger partial charge in [-0.1, -0.05) is 39.7 Å². The molecule has 0 aromatic heterocycles. The van der Waals surface area contributed by atoms with Gasteiger partial charge in [-0.05, 0) is 41.5 Å². The van der Waals surface area contributed by atoms with Crippen LogP contribution in [0.25, 0.3) is 0 Å². The summed E-state index contributed by atoms with van der Waals surface area (Å²) in [6.45, 7) is 0. The van der Waals surface area contributed by atoms with Crippen LogP contribution in [0, 0.1) is 0 Å². The largest absolute Gasteiger partial charge is 0.497 e. The molecule has 2 aromatic rings. The van der Waals surface area contributed by atoms with E-state index >= 15 is 0 Å². The molecule has 5 heteroatoms. The van der Waals surface area contributed by atoms with Crippen molar-refractivity contribution >= 4 is 50.7 Å². The van der Waals surface area contributed by atoms with E-state index in [-0.39, 0.29) is 11.8 Å². The molecular weight excluding hydrogens is 394 g/mol. The molecule has 21 heavy (non-hydrogen) atoms. The smallest absolute Gasteiger partial charge is 0.133 e. The molecular formula is C16H12BrCl3O. The van der Waals surface area contributed by atoms with Gasteiger partial charge in [-0.25, -0.2) is 0 Å². The lowest BCUT2D eigenvalue weighted by Crippen LogP contribution is -1.91. The molecule has 0 radical (unpaired) electrons. The average molecular weight is 407 g/mol. The highest BCUT2D eigenvalue weighted by atomic mass is 79.9. The van der Waals surface area contributed by atoms with Crippen molar-refractivity contribution in [3.8, 4) is 5.75 Å². The number of hydrogen-bond acceptors (Lipinski definition) is 1. The zero-order valence-electron chi connectivity index (χ0n) is 11.1. The summed E-state index contributed by atoms with van der Waals surface area (Å²) in [6.07, 6.45) is 0. The van der Waals surface area contributed by atoms with Gasteiger partial charge in [0.2, 0.25) is 0 Å². The zero-order chi connectivity index (χ0) is 15.2. The van der Waals surface area contributed by atoms with Crippen molar-refractivity contribution in [1.29, 1.82) is 0 Å². The summed E-state index contributed by atoms with van der Waals surface area (Å²) in [5.41, 5.74) is 2.14. The predicted molar refractivity (Wildman–Crippen MR) is 92.1 cm³/mol. The molecule has 1 nitrogen and oxygen atoms in total. The van der Waals surface area contributed by atoms with Crippen molar-refractivity contribution in [3.05, 3.63) is 63.1 Å². The number of benzene rings is 2. The van der Waals surface area contributed by atoms with Crippen molar-refractivity contribution in [1.82, 2.24) is 0 Å². The van der Waals surface area contributed by atoms with Gasteiger partial charge < -0.3 is 4.74 Å². The number of alkyl halides is 2. The number of hydrogen-bond donors (Lipinski definition) is 0. The topological polar surface area (TPSA) is 9.23 Å². The van der Waals surface area contributed by atoms with Crippen molar-refractivity contribution in [3.63, 3.8) is 0 Å². The van der Waals surface area contributed by atoms with Gasteiger partial charge >= 0.3 is 0 Å². The maximum absolute atomic E-state index is 6.50. The van der Waals surface area contributed by atoms with Crippen LogP contribution in [0.15, 0.2) is 46.9 Å². The standard InChI is InChI=1S/C16H12BrCl3O/c1-21-13-4-2-9(3-5-13)14-15(16(14,19)20)10-6-11(17)8-12(18)7-10/h2-8,14-15H,1H3. The van der Waals surface area contributed by atoms with Crippen LogP contribution in [0.5, 0.6) is 5.75 Å². The first-order valence-electron chi connectivity index (χ1n) is 6.41. The lowest BCUT2D eigenvalue weighted by Gasteiger charge is -2.04. The van der Waals surface area contributed by atoms with Gasteiger partial charge in [0.15, 0.2) is 0 Å². The fourth-order valence-corrected chi connectivity index (χ4v) is 4.49. The zero-order valence-corrected chi connectivity index (χ0v) is 15.0. The van der Waals surface area contributed by atoms with Crippen molar-refractivity contribution in [2.45, 2.75) is 16.2 Å². The van der Waals surface area contributed by atoms with Crippen LogP contribution in [-0.2, 0) is 0 Å². The molecule has 1 fully saturated rings. The van der Waals surface area contributed by atoms with Crippen LogP contribution >= 0.6 is 50.7 Å². The molecule has 2 atom stereocenters. The maximum Gasteiger partial charge on any atom is 0.133 e. The molecule has 3 rings (SSSR count). The Balaban J connectivity index is 1.93. The molecule has 1 aliphatic carbocycles. The lowest BCUT2D eigenvalue weighted by atomic mass is 10.0. The third-order valence-electron chi connectivity index (χ3n) is 3.77. The molecule has 0 N–H and O–H groups in total. The highest BCUT2D eigenvalue weighted by molar-refractivity contribution is 9.10. The van der Waals surface area contributed by atoms with Crippen LogP contribution in [0.1, 0.15) is 23.0 Å². The SMILES string of the molecule is COc1ccc(C2C(c3cc(Cl)cc(Br)c3)C2(Cl)Cl)cc1. The Morgan fingerprint density at radius 3 is 2.19 bits per heavy atom. The fraction of sp³-hybridized carbons (Fsp3) is 0.250. The normalized spacial score (nSPS) is 22.9. The Morgan fingerprint density at radius 1 is 1.00 bits per heavy atom. The average Bonchev–Trinajstić information content (AvgIpc) is 3.00. The van der Waals surface area contributed by atoms with Crippen molar-refractivity contribution < 1.29 is 4.74 Å². The second-order valence-electron chi connectivity index (χ2n) is 5.11. The van der Waals surface area contributed by atoms with E-state index < -0.39 is 4.33 Å². The Bertz CT molecular complexity index is 649. The quantitative estimate of drug-likeness (QED) is 0.554. The number of methoxy groups -OCH3 is 1. The Morgan fingerprint density at radius 2 is 1.62 bits per heavy atom. The minimum atomic E-state index is -0.807. The second kappa shape index (κ2) is 5.66. The van der Waals surface area contributed by atoms with Gasteiger partial charge in [0.05, 0.1) is 7.11 Å². The van der Waals surface area contributed by atoms with Crippen LogP contribution in [-0.4, -0.2) is 11.4 Å². The second-order valence-corrected chi connectivity index (χ2v) is 7.90. The minimum absolute atomic E-state index is 0.0317. The first-order chi connectivity index (χ1) is 9.93. The van der Waals surface area contributed by atoms with E-state index in [4.69, 9.17) is 39.5 Å². The summed E-state index contributed by atoms with van der Waals surface area (Å²) in [5, 5.41) is 0.670. The van der Waals surface area contributed by atoms with E-state index in [1.54, 1.807) is 7.11 Å². The molecule has 1 saturated carbocycles. The van der Waals surface area contributed by atoms with Crippen LogP contribution < -0.4 is 4.74 Å². The van der Waals surface area contributed by atoms with E-state index in [0.29, 0.717) is 5.02 Å². The molecule has 0 amide bonds. The molecule has 0 bridgehead atoms. The third-order valence-corrected chi connectivity index (χ3v) is 5.39. The molecule has 0 spiro atoms. The summed E-state index contributed by atoms with van der Waals surface area (Å²) in [4.78, 5) is 0. The fourth-order valence-electron chi connectivity index (χ4n) is 2.72. The Hall–Kier alpha value is -0.410.